The fraction of sp³-hybridized carbons (Fsp3) is 0.231. The van der Waals surface area contributed by atoms with Crippen LogP contribution in [0.15, 0.2) is 41.5 Å². The van der Waals surface area contributed by atoms with Gasteiger partial charge < -0.3 is 9.30 Å². The Morgan fingerprint density at radius 2 is 2.18 bits per heavy atom. The van der Waals surface area contributed by atoms with Crippen LogP contribution >= 0.6 is 0 Å². The molecule has 0 atom stereocenters. The van der Waals surface area contributed by atoms with Crippen LogP contribution in [0, 0.1) is 6.92 Å². The molecule has 2 heterocycles. The van der Waals surface area contributed by atoms with E-state index in [0.29, 0.717) is 12.5 Å². The summed E-state index contributed by atoms with van der Waals surface area (Å²) in [6.07, 6.45) is 3.43. The van der Waals surface area contributed by atoms with E-state index < -0.39 is 0 Å². The van der Waals surface area contributed by atoms with Crippen molar-refractivity contribution in [3.05, 3.63) is 58.1 Å². The summed E-state index contributed by atoms with van der Waals surface area (Å²) < 4.78 is 7.03. The van der Waals surface area contributed by atoms with Crippen molar-refractivity contribution in [3.8, 4) is 5.88 Å². The standard InChI is InChI=1S/C13H14N2O2/c1-10-3-5-14-12(7-10)17-9-11-4-6-15(2)13(16)8-11/h3-8H,9H2,1-2H3. The molecule has 0 bridgehead atoms. The third-order valence-corrected chi connectivity index (χ3v) is 2.45. The average Bonchev–Trinajstić information content (AvgIpc) is 2.31. The number of pyridine rings is 2. The maximum Gasteiger partial charge on any atom is 0.250 e. The number of hydrogen-bond donors (Lipinski definition) is 0. The van der Waals surface area contributed by atoms with Crippen molar-refractivity contribution in [2.75, 3.05) is 0 Å². The minimum Gasteiger partial charge on any atom is -0.473 e. The summed E-state index contributed by atoms with van der Waals surface area (Å²) in [5, 5.41) is 0. The van der Waals surface area contributed by atoms with Crippen LogP contribution in [-0.2, 0) is 13.7 Å². The molecule has 2 rings (SSSR count). The van der Waals surface area contributed by atoms with E-state index in [0.717, 1.165) is 11.1 Å². The third-order valence-electron chi connectivity index (χ3n) is 2.45. The summed E-state index contributed by atoms with van der Waals surface area (Å²) in [6.45, 7) is 2.33. The van der Waals surface area contributed by atoms with E-state index in [2.05, 4.69) is 4.98 Å². The third kappa shape index (κ3) is 2.93. The van der Waals surface area contributed by atoms with Crippen LogP contribution in [0.2, 0.25) is 0 Å². The van der Waals surface area contributed by atoms with Crippen molar-refractivity contribution in [3.63, 3.8) is 0 Å². The maximum absolute atomic E-state index is 11.4. The molecule has 0 aliphatic heterocycles. The summed E-state index contributed by atoms with van der Waals surface area (Å²) in [5.41, 5.74) is 1.90. The molecule has 0 saturated heterocycles. The summed E-state index contributed by atoms with van der Waals surface area (Å²) in [6, 6.07) is 7.19. The first-order chi connectivity index (χ1) is 8.15. The zero-order chi connectivity index (χ0) is 12.3. The molecule has 88 valence electrons. The fourth-order valence-corrected chi connectivity index (χ4v) is 1.42. The summed E-state index contributed by atoms with van der Waals surface area (Å²) in [4.78, 5) is 15.5. The molecule has 0 amide bonds. The first kappa shape index (κ1) is 11.4. The topological polar surface area (TPSA) is 44.1 Å². The number of ether oxygens (including phenoxy) is 1. The molecule has 0 fully saturated rings. The van der Waals surface area contributed by atoms with E-state index in [9.17, 15) is 4.79 Å². The van der Waals surface area contributed by atoms with Crippen LogP contribution < -0.4 is 10.3 Å². The number of rotatable bonds is 3. The van der Waals surface area contributed by atoms with E-state index in [1.165, 1.54) is 4.57 Å². The number of aromatic nitrogens is 2. The molecule has 0 radical (unpaired) electrons. The van der Waals surface area contributed by atoms with Gasteiger partial charge in [0.1, 0.15) is 6.61 Å². The van der Waals surface area contributed by atoms with Crippen molar-refractivity contribution >= 4 is 0 Å². The smallest absolute Gasteiger partial charge is 0.250 e. The molecule has 0 aromatic carbocycles. The van der Waals surface area contributed by atoms with Gasteiger partial charge in [0.25, 0.3) is 5.56 Å². The first-order valence-corrected chi connectivity index (χ1v) is 5.36. The highest BCUT2D eigenvalue weighted by Gasteiger charge is 1.99. The lowest BCUT2D eigenvalue weighted by molar-refractivity contribution is 0.293. The van der Waals surface area contributed by atoms with Gasteiger partial charge >= 0.3 is 0 Å². The lowest BCUT2D eigenvalue weighted by atomic mass is 10.3. The minimum atomic E-state index is -0.0386. The van der Waals surface area contributed by atoms with Crippen molar-refractivity contribution in [1.29, 1.82) is 0 Å². The highest BCUT2D eigenvalue weighted by molar-refractivity contribution is 5.19. The molecular formula is C13H14N2O2. The van der Waals surface area contributed by atoms with Crippen LogP contribution in [0.5, 0.6) is 5.88 Å². The molecule has 0 saturated carbocycles. The molecule has 2 aromatic heterocycles. The second-order valence-corrected chi connectivity index (χ2v) is 3.94. The first-order valence-electron chi connectivity index (χ1n) is 5.36. The van der Waals surface area contributed by atoms with Crippen molar-refractivity contribution in [1.82, 2.24) is 9.55 Å². The Balaban J connectivity index is 2.07. The highest BCUT2D eigenvalue weighted by atomic mass is 16.5. The maximum atomic E-state index is 11.4. The second kappa shape index (κ2) is 4.82. The van der Waals surface area contributed by atoms with Crippen LogP contribution in [0.25, 0.3) is 0 Å². The molecular weight excluding hydrogens is 216 g/mol. The fourth-order valence-electron chi connectivity index (χ4n) is 1.42. The van der Waals surface area contributed by atoms with E-state index >= 15 is 0 Å². The predicted molar refractivity (Wildman–Crippen MR) is 65.0 cm³/mol. The molecule has 0 aliphatic carbocycles. The molecule has 0 N–H and O–H groups in total. The average molecular weight is 230 g/mol. The van der Waals surface area contributed by atoms with Gasteiger partial charge in [-0.3, -0.25) is 4.79 Å². The van der Waals surface area contributed by atoms with Gasteiger partial charge in [0, 0.05) is 31.6 Å². The molecule has 2 aromatic rings. The molecule has 0 aliphatic rings. The second-order valence-electron chi connectivity index (χ2n) is 3.94. The van der Waals surface area contributed by atoms with Gasteiger partial charge in [0.05, 0.1) is 0 Å². The predicted octanol–water partition coefficient (Wildman–Crippen LogP) is 1.67. The Morgan fingerprint density at radius 3 is 2.88 bits per heavy atom. The van der Waals surface area contributed by atoms with Crippen molar-refractivity contribution < 1.29 is 4.74 Å². The van der Waals surface area contributed by atoms with Crippen molar-refractivity contribution in [2.24, 2.45) is 7.05 Å². The minimum absolute atomic E-state index is 0.0386. The molecule has 4 heteroatoms. The van der Waals surface area contributed by atoms with Gasteiger partial charge in [-0.05, 0) is 30.2 Å². The molecule has 4 nitrogen and oxygen atoms in total. The molecule has 0 spiro atoms. The summed E-state index contributed by atoms with van der Waals surface area (Å²) >= 11 is 0. The van der Waals surface area contributed by atoms with Gasteiger partial charge in [-0.1, -0.05) is 0 Å². The van der Waals surface area contributed by atoms with Crippen LogP contribution in [0.3, 0.4) is 0 Å². The number of nitrogens with zero attached hydrogens (tertiary/aromatic N) is 2. The molecule has 0 unspecified atom stereocenters. The quantitative estimate of drug-likeness (QED) is 0.805. The Labute approximate surface area is 99.5 Å². The Bertz CT molecular complexity index is 576. The van der Waals surface area contributed by atoms with E-state index in [-0.39, 0.29) is 5.56 Å². The Kier molecular flexibility index (Phi) is 3.23. The molecule has 17 heavy (non-hydrogen) atoms. The van der Waals surface area contributed by atoms with Crippen molar-refractivity contribution in [2.45, 2.75) is 13.5 Å². The van der Waals surface area contributed by atoms with E-state index in [1.807, 2.05) is 25.1 Å². The lowest BCUT2D eigenvalue weighted by Gasteiger charge is -2.06. The highest BCUT2D eigenvalue weighted by Crippen LogP contribution is 2.10. The van der Waals surface area contributed by atoms with Crippen LogP contribution in [0.4, 0.5) is 0 Å². The zero-order valence-corrected chi connectivity index (χ0v) is 9.88. The monoisotopic (exact) mass is 230 g/mol. The van der Waals surface area contributed by atoms with Crippen LogP contribution in [-0.4, -0.2) is 9.55 Å². The SMILES string of the molecule is Cc1ccnc(OCc2ccn(C)c(=O)c2)c1. The van der Waals surface area contributed by atoms with E-state index in [4.69, 9.17) is 4.74 Å². The van der Waals surface area contributed by atoms with Gasteiger partial charge in [-0.15, -0.1) is 0 Å². The normalized spacial score (nSPS) is 10.2. The van der Waals surface area contributed by atoms with Gasteiger partial charge in [-0.25, -0.2) is 4.98 Å². The summed E-state index contributed by atoms with van der Waals surface area (Å²) in [5.74, 6) is 0.575. The number of hydrogen-bond acceptors (Lipinski definition) is 3. The zero-order valence-electron chi connectivity index (χ0n) is 9.88. The van der Waals surface area contributed by atoms with Gasteiger partial charge in [-0.2, -0.15) is 0 Å². The summed E-state index contributed by atoms with van der Waals surface area (Å²) in [7, 11) is 1.72. The largest absolute Gasteiger partial charge is 0.473 e. The lowest BCUT2D eigenvalue weighted by Crippen LogP contribution is -2.15. The van der Waals surface area contributed by atoms with Gasteiger partial charge in [0.2, 0.25) is 5.88 Å². The Morgan fingerprint density at radius 1 is 1.35 bits per heavy atom. The van der Waals surface area contributed by atoms with Crippen LogP contribution in [0.1, 0.15) is 11.1 Å². The number of aryl methyl sites for hydroxylation is 2. The Hall–Kier alpha value is -2.10. The van der Waals surface area contributed by atoms with Gasteiger partial charge in [0.15, 0.2) is 0 Å². The van der Waals surface area contributed by atoms with E-state index in [1.54, 1.807) is 25.5 Å².